The molecule has 5 nitrogen and oxygen atoms in total. The predicted octanol–water partition coefficient (Wildman–Crippen LogP) is 3.77. The minimum Gasteiger partial charge on any atom is -0.309 e. The van der Waals surface area contributed by atoms with Crippen molar-refractivity contribution in [3.8, 4) is 0 Å². The van der Waals surface area contributed by atoms with E-state index >= 15 is 0 Å². The maximum Gasteiger partial charge on any atom is 0.243 e. The van der Waals surface area contributed by atoms with Gasteiger partial charge in [-0.3, -0.25) is 4.79 Å². The fourth-order valence-corrected chi connectivity index (χ4v) is 5.86. The number of fused-ring (bicyclic) bond motifs is 1. The number of carbonyl (C=O) groups is 1. The van der Waals surface area contributed by atoms with Gasteiger partial charge < -0.3 is 4.90 Å². The van der Waals surface area contributed by atoms with Crippen molar-refractivity contribution >= 4 is 21.6 Å². The molecule has 2 aromatic rings. The summed E-state index contributed by atoms with van der Waals surface area (Å²) in [5.74, 6) is 0.124. The fraction of sp³-hybridized carbons (Fsp3) is 0.435. The largest absolute Gasteiger partial charge is 0.309 e. The van der Waals surface area contributed by atoms with Crippen molar-refractivity contribution in [3.63, 3.8) is 0 Å². The third-order valence-corrected chi connectivity index (χ3v) is 7.96. The lowest BCUT2D eigenvalue weighted by Gasteiger charge is -2.35. The van der Waals surface area contributed by atoms with Crippen LogP contribution < -0.4 is 4.90 Å². The first kappa shape index (κ1) is 20.1. The molecule has 0 radical (unpaired) electrons. The Kier molecular flexibility index (Phi) is 5.74. The van der Waals surface area contributed by atoms with Crippen molar-refractivity contribution in [3.05, 3.63) is 59.7 Å². The van der Waals surface area contributed by atoms with Crippen LogP contribution in [0.4, 0.5) is 5.69 Å². The van der Waals surface area contributed by atoms with Crippen molar-refractivity contribution in [2.24, 2.45) is 0 Å². The summed E-state index contributed by atoms with van der Waals surface area (Å²) in [4.78, 5) is 15.2. The molecule has 1 atom stereocenters. The van der Waals surface area contributed by atoms with E-state index in [1.54, 1.807) is 16.4 Å². The molecule has 154 valence electrons. The van der Waals surface area contributed by atoms with E-state index in [1.807, 2.05) is 35.2 Å². The Balaban J connectivity index is 1.42. The highest BCUT2D eigenvalue weighted by Crippen LogP contribution is 2.31. The Bertz CT molecular complexity index is 979. The zero-order valence-corrected chi connectivity index (χ0v) is 17.7. The van der Waals surface area contributed by atoms with Crippen molar-refractivity contribution in [2.45, 2.75) is 56.4 Å². The Morgan fingerprint density at radius 3 is 2.45 bits per heavy atom. The van der Waals surface area contributed by atoms with E-state index in [1.165, 1.54) is 5.56 Å². The number of sulfonamides is 1. The van der Waals surface area contributed by atoms with Crippen LogP contribution in [-0.2, 0) is 27.7 Å². The van der Waals surface area contributed by atoms with Crippen LogP contribution in [0.5, 0.6) is 0 Å². The van der Waals surface area contributed by atoms with Gasteiger partial charge in [-0.15, -0.1) is 0 Å². The highest BCUT2D eigenvalue weighted by atomic mass is 32.2. The van der Waals surface area contributed by atoms with Gasteiger partial charge in [0.15, 0.2) is 0 Å². The third-order valence-electron chi connectivity index (χ3n) is 6.05. The first-order valence-corrected chi connectivity index (χ1v) is 11.9. The summed E-state index contributed by atoms with van der Waals surface area (Å²) in [5, 5.41) is 0. The van der Waals surface area contributed by atoms with E-state index in [2.05, 4.69) is 13.0 Å². The van der Waals surface area contributed by atoms with Crippen LogP contribution in [0.25, 0.3) is 0 Å². The normalized spacial score (nSPS) is 19.9. The average molecular weight is 413 g/mol. The second-order valence-electron chi connectivity index (χ2n) is 8.04. The smallest absolute Gasteiger partial charge is 0.243 e. The molecule has 0 N–H and O–H groups in total. The van der Waals surface area contributed by atoms with Gasteiger partial charge in [-0.25, -0.2) is 8.42 Å². The molecule has 2 aliphatic rings. The van der Waals surface area contributed by atoms with Gasteiger partial charge in [0.2, 0.25) is 15.9 Å². The molecule has 1 fully saturated rings. The SMILES string of the molecule is C[C@H]1CCc2ccccc2N1C(=O)CCc1ccc(S(=O)(=O)N2CCCC2)cc1. The number of rotatable bonds is 5. The predicted molar refractivity (Wildman–Crippen MR) is 114 cm³/mol. The zero-order chi connectivity index (χ0) is 20.4. The summed E-state index contributed by atoms with van der Waals surface area (Å²) >= 11 is 0. The fourth-order valence-electron chi connectivity index (χ4n) is 4.35. The highest BCUT2D eigenvalue weighted by Gasteiger charge is 2.28. The van der Waals surface area contributed by atoms with E-state index < -0.39 is 10.0 Å². The molecule has 0 aliphatic carbocycles. The molecule has 2 heterocycles. The van der Waals surface area contributed by atoms with Crippen molar-refractivity contribution in [1.29, 1.82) is 0 Å². The van der Waals surface area contributed by atoms with Crippen LogP contribution in [0, 0.1) is 0 Å². The average Bonchev–Trinajstić information content (AvgIpc) is 3.28. The molecule has 0 spiro atoms. The minimum absolute atomic E-state index is 0.124. The summed E-state index contributed by atoms with van der Waals surface area (Å²) in [6.45, 7) is 3.31. The van der Waals surface area contributed by atoms with Crippen LogP contribution in [0.1, 0.15) is 43.7 Å². The van der Waals surface area contributed by atoms with Crippen LogP contribution in [0.15, 0.2) is 53.4 Å². The van der Waals surface area contributed by atoms with Crippen molar-refractivity contribution in [1.82, 2.24) is 4.31 Å². The van der Waals surface area contributed by atoms with Crippen molar-refractivity contribution < 1.29 is 13.2 Å². The number of carbonyl (C=O) groups excluding carboxylic acids is 1. The number of anilines is 1. The third kappa shape index (κ3) is 4.09. The zero-order valence-electron chi connectivity index (χ0n) is 16.9. The van der Waals surface area contributed by atoms with Crippen LogP contribution in [-0.4, -0.2) is 37.8 Å². The Labute approximate surface area is 173 Å². The molecule has 29 heavy (non-hydrogen) atoms. The Morgan fingerprint density at radius 2 is 1.72 bits per heavy atom. The van der Waals surface area contributed by atoms with Crippen LogP contribution >= 0.6 is 0 Å². The van der Waals surface area contributed by atoms with E-state index in [0.29, 0.717) is 30.8 Å². The quantitative estimate of drug-likeness (QED) is 0.751. The van der Waals surface area contributed by atoms with Gasteiger partial charge in [-0.1, -0.05) is 30.3 Å². The van der Waals surface area contributed by atoms with E-state index in [-0.39, 0.29) is 11.9 Å². The topological polar surface area (TPSA) is 57.7 Å². The summed E-state index contributed by atoms with van der Waals surface area (Å²) in [7, 11) is -3.39. The molecule has 4 rings (SSSR count). The molecular formula is C23H28N2O3S. The monoisotopic (exact) mass is 412 g/mol. The van der Waals surface area contributed by atoms with Gasteiger partial charge in [0.25, 0.3) is 0 Å². The molecule has 1 amide bonds. The standard InChI is InChI=1S/C23H28N2O3S/c1-18-8-12-20-6-2-3-7-22(20)25(18)23(26)15-11-19-9-13-21(14-10-19)29(27,28)24-16-4-5-17-24/h2-3,6-7,9-10,13-14,18H,4-5,8,11-12,15-17H2,1H3/t18-/m0/s1. The van der Waals surface area contributed by atoms with Crippen LogP contribution in [0.3, 0.4) is 0 Å². The molecule has 0 aromatic heterocycles. The van der Waals surface area contributed by atoms with E-state index in [9.17, 15) is 13.2 Å². The number of benzene rings is 2. The van der Waals surface area contributed by atoms with Gasteiger partial charge in [0, 0.05) is 31.2 Å². The summed E-state index contributed by atoms with van der Waals surface area (Å²) in [5.41, 5.74) is 3.25. The van der Waals surface area contributed by atoms with Crippen LogP contribution in [0.2, 0.25) is 0 Å². The number of hydrogen-bond acceptors (Lipinski definition) is 3. The lowest BCUT2D eigenvalue weighted by atomic mass is 9.96. The maximum absolute atomic E-state index is 13.0. The van der Waals surface area contributed by atoms with E-state index in [4.69, 9.17) is 0 Å². The van der Waals surface area contributed by atoms with Gasteiger partial charge in [-0.2, -0.15) is 4.31 Å². The molecule has 2 aromatic carbocycles. The molecule has 0 saturated carbocycles. The summed E-state index contributed by atoms with van der Waals surface area (Å²) < 4.78 is 26.8. The number of nitrogens with zero attached hydrogens (tertiary/aromatic N) is 2. The number of hydrogen-bond donors (Lipinski definition) is 0. The Morgan fingerprint density at radius 1 is 1.03 bits per heavy atom. The molecule has 6 heteroatoms. The number of aryl methyl sites for hydroxylation is 2. The summed E-state index contributed by atoms with van der Waals surface area (Å²) in [6, 6.07) is 15.4. The number of amides is 1. The molecule has 0 unspecified atom stereocenters. The second kappa shape index (κ2) is 8.28. The first-order chi connectivity index (χ1) is 14.0. The summed E-state index contributed by atoms with van der Waals surface area (Å²) in [6.07, 6.45) is 4.86. The molecule has 1 saturated heterocycles. The lowest BCUT2D eigenvalue weighted by molar-refractivity contribution is -0.119. The minimum atomic E-state index is -3.39. The second-order valence-corrected chi connectivity index (χ2v) is 9.97. The molecule has 2 aliphatic heterocycles. The van der Waals surface area contributed by atoms with Gasteiger partial charge in [0.05, 0.1) is 4.90 Å². The first-order valence-electron chi connectivity index (χ1n) is 10.5. The lowest BCUT2D eigenvalue weighted by Crippen LogP contribution is -2.42. The Hall–Kier alpha value is -2.18. The van der Waals surface area contributed by atoms with Crippen molar-refractivity contribution in [2.75, 3.05) is 18.0 Å². The highest BCUT2D eigenvalue weighted by molar-refractivity contribution is 7.89. The van der Waals surface area contributed by atoms with Gasteiger partial charge in [-0.05, 0) is 68.4 Å². The number of para-hydroxylation sites is 1. The molecule has 0 bridgehead atoms. The van der Waals surface area contributed by atoms with Gasteiger partial charge in [0.1, 0.15) is 0 Å². The molecular weight excluding hydrogens is 384 g/mol. The maximum atomic E-state index is 13.0. The van der Waals surface area contributed by atoms with Gasteiger partial charge >= 0.3 is 0 Å². The van der Waals surface area contributed by atoms with E-state index in [0.717, 1.165) is 36.9 Å².